The highest BCUT2D eigenvalue weighted by Crippen LogP contribution is 2.33. The first-order chi connectivity index (χ1) is 11.1. The number of rotatable bonds is 5. The van der Waals surface area contributed by atoms with E-state index in [0.717, 1.165) is 24.4 Å². The van der Waals surface area contributed by atoms with Crippen molar-refractivity contribution in [3.05, 3.63) is 36.3 Å². The van der Waals surface area contributed by atoms with Gasteiger partial charge in [0.05, 0.1) is 6.20 Å². The Bertz CT molecular complexity index is 664. The fraction of sp³-hybridized carbons (Fsp3) is 0.529. The predicted octanol–water partition coefficient (Wildman–Crippen LogP) is 2.96. The molecule has 3 rings (SSSR count). The lowest BCUT2D eigenvalue weighted by molar-refractivity contribution is 0.0735. The second-order valence-electron chi connectivity index (χ2n) is 6.06. The Hall–Kier alpha value is -1.69. The van der Waals surface area contributed by atoms with E-state index >= 15 is 0 Å². The Labute approximate surface area is 141 Å². The number of aryl methyl sites for hydroxylation is 1. The van der Waals surface area contributed by atoms with Gasteiger partial charge in [-0.3, -0.25) is 9.48 Å². The van der Waals surface area contributed by atoms with E-state index in [2.05, 4.69) is 12.0 Å². The van der Waals surface area contributed by atoms with Crippen LogP contribution < -0.4 is 0 Å². The molecule has 0 bridgehead atoms. The van der Waals surface area contributed by atoms with Gasteiger partial charge in [0, 0.05) is 37.8 Å². The topological polar surface area (TPSA) is 43.1 Å². The minimum atomic E-state index is 0.0638. The molecule has 124 valence electrons. The quantitative estimate of drug-likeness (QED) is 0.845. The van der Waals surface area contributed by atoms with E-state index in [1.165, 1.54) is 6.42 Å². The van der Waals surface area contributed by atoms with Gasteiger partial charge in [0.2, 0.25) is 0 Å². The minimum absolute atomic E-state index is 0.0638. The van der Waals surface area contributed by atoms with Crippen LogP contribution in [0, 0.1) is 0 Å². The molecule has 2 heterocycles. The van der Waals surface area contributed by atoms with Crippen LogP contribution in [0.25, 0.3) is 5.82 Å². The first-order valence-electron chi connectivity index (χ1n) is 8.16. The van der Waals surface area contributed by atoms with Crippen LogP contribution in [0.1, 0.15) is 36.5 Å². The highest BCUT2D eigenvalue weighted by atomic mass is 32.2. The molecular formula is C17H24N4OS. The Morgan fingerprint density at radius 1 is 1.39 bits per heavy atom. The molecule has 1 aliphatic carbocycles. The summed E-state index contributed by atoms with van der Waals surface area (Å²) in [4.78, 5) is 14.9. The van der Waals surface area contributed by atoms with Crippen molar-refractivity contribution in [1.82, 2.24) is 19.2 Å². The van der Waals surface area contributed by atoms with Gasteiger partial charge in [0.1, 0.15) is 11.4 Å². The van der Waals surface area contributed by atoms with Crippen molar-refractivity contribution < 1.29 is 4.79 Å². The van der Waals surface area contributed by atoms with Crippen molar-refractivity contribution in [2.45, 2.75) is 37.5 Å². The number of aromatic nitrogens is 3. The van der Waals surface area contributed by atoms with Crippen LogP contribution in [0.15, 0.2) is 30.7 Å². The average molecular weight is 332 g/mol. The molecule has 0 saturated heterocycles. The van der Waals surface area contributed by atoms with Crippen molar-refractivity contribution in [2.24, 2.45) is 7.05 Å². The molecule has 6 heteroatoms. The monoisotopic (exact) mass is 332 g/mol. The molecule has 1 saturated carbocycles. The molecule has 0 aliphatic heterocycles. The third-order valence-corrected chi connectivity index (χ3v) is 5.85. The van der Waals surface area contributed by atoms with Crippen molar-refractivity contribution in [3.63, 3.8) is 0 Å². The largest absolute Gasteiger partial charge is 0.339 e. The second kappa shape index (κ2) is 6.83. The van der Waals surface area contributed by atoms with Gasteiger partial charge < -0.3 is 9.47 Å². The van der Waals surface area contributed by atoms with E-state index in [0.29, 0.717) is 16.9 Å². The van der Waals surface area contributed by atoms with Crippen LogP contribution >= 0.6 is 11.8 Å². The molecule has 0 spiro atoms. The molecule has 2 atom stereocenters. The maximum Gasteiger partial charge on any atom is 0.259 e. The molecule has 5 nitrogen and oxygen atoms in total. The molecule has 0 aromatic carbocycles. The van der Waals surface area contributed by atoms with Gasteiger partial charge in [0.15, 0.2) is 0 Å². The Morgan fingerprint density at radius 3 is 2.83 bits per heavy atom. The number of hydrogen-bond acceptors (Lipinski definition) is 3. The van der Waals surface area contributed by atoms with Crippen molar-refractivity contribution in [1.29, 1.82) is 0 Å². The second-order valence-corrected chi connectivity index (χ2v) is 7.63. The van der Waals surface area contributed by atoms with Crippen LogP contribution in [0.3, 0.4) is 0 Å². The zero-order chi connectivity index (χ0) is 16.4. The summed E-state index contributed by atoms with van der Waals surface area (Å²) in [5.74, 6) is 2.04. The summed E-state index contributed by atoms with van der Waals surface area (Å²) >= 11 is 2.01. The summed E-state index contributed by atoms with van der Waals surface area (Å²) < 4.78 is 3.70. The van der Waals surface area contributed by atoms with Crippen molar-refractivity contribution >= 4 is 17.7 Å². The van der Waals surface area contributed by atoms with Crippen molar-refractivity contribution in [3.8, 4) is 5.82 Å². The smallest absolute Gasteiger partial charge is 0.259 e. The Morgan fingerprint density at radius 2 is 2.13 bits per heavy atom. The molecule has 0 radical (unpaired) electrons. The molecule has 0 N–H and O–H groups in total. The SMILES string of the molecule is CCS[C@@H]1CC[C@@H](N(C)C(=O)c2cnn(C)c2-n2cccc2)C1. The lowest BCUT2D eigenvalue weighted by Gasteiger charge is -2.25. The van der Waals surface area contributed by atoms with Crippen LogP contribution in [-0.2, 0) is 7.05 Å². The van der Waals surface area contributed by atoms with Gasteiger partial charge in [-0.05, 0) is 37.1 Å². The molecule has 1 aliphatic rings. The standard InChI is InChI=1S/C17H24N4OS/c1-4-23-14-8-7-13(11-14)19(2)17(22)15-12-18-20(3)16(15)21-9-5-6-10-21/h5-6,9-10,12-14H,4,7-8,11H2,1-3H3/t13-,14-/m1/s1. The number of carbonyl (C=O) groups excluding carboxylic acids is 1. The molecule has 1 amide bonds. The van der Waals surface area contributed by atoms with E-state index in [1.807, 2.05) is 59.9 Å². The summed E-state index contributed by atoms with van der Waals surface area (Å²) in [6.45, 7) is 2.20. The average Bonchev–Trinajstić information content (AvgIpc) is 3.26. The number of amides is 1. The molecule has 1 fully saturated rings. The van der Waals surface area contributed by atoms with Crippen LogP contribution in [0.5, 0.6) is 0 Å². The minimum Gasteiger partial charge on any atom is -0.339 e. The normalized spacial score (nSPS) is 20.8. The highest BCUT2D eigenvalue weighted by molar-refractivity contribution is 7.99. The molecule has 23 heavy (non-hydrogen) atoms. The van der Waals surface area contributed by atoms with E-state index in [-0.39, 0.29) is 5.91 Å². The van der Waals surface area contributed by atoms with Crippen LogP contribution in [-0.4, -0.2) is 49.2 Å². The summed E-state index contributed by atoms with van der Waals surface area (Å²) in [7, 11) is 3.80. The molecule has 2 aromatic rings. The van der Waals surface area contributed by atoms with Gasteiger partial charge in [-0.2, -0.15) is 16.9 Å². The van der Waals surface area contributed by atoms with Gasteiger partial charge in [0.25, 0.3) is 5.91 Å². The summed E-state index contributed by atoms with van der Waals surface area (Å²) in [5, 5.41) is 4.98. The van der Waals surface area contributed by atoms with E-state index in [1.54, 1.807) is 10.9 Å². The van der Waals surface area contributed by atoms with Crippen LogP contribution in [0.2, 0.25) is 0 Å². The first kappa shape index (κ1) is 16.2. The number of thioether (sulfide) groups is 1. The van der Waals surface area contributed by atoms with E-state index in [9.17, 15) is 4.79 Å². The summed E-state index contributed by atoms with van der Waals surface area (Å²) in [5.41, 5.74) is 0.665. The van der Waals surface area contributed by atoms with E-state index in [4.69, 9.17) is 0 Å². The van der Waals surface area contributed by atoms with Gasteiger partial charge in [-0.1, -0.05) is 6.92 Å². The van der Waals surface area contributed by atoms with Gasteiger partial charge in [-0.25, -0.2) is 0 Å². The maximum atomic E-state index is 13.0. The molecule has 2 aromatic heterocycles. The number of carbonyl (C=O) groups is 1. The first-order valence-corrected chi connectivity index (χ1v) is 9.20. The van der Waals surface area contributed by atoms with Crippen LogP contribution in [0.4, 0.5) is 0 Å². The third-order valence-electron chi connectivity index (χ3n) is 4.61. The zero-order valence-corrected chi connectivity index (χ0v) is 14.8. The third kappa shape index (κ3) is 3.17. The Kier molecular flexibility index (Phi) is 4.80. The van der Waals surface area contributed by atoms with Gasteiger partial charge >= 0.3 is 0 Å². The predicted molar refractivity (Wildman–Crippen MR) is 94.2 cm³/mol. The van der Waals surface area contributed by atoms with Gasteiger partial charge in [-0.15, -0.1) is 0 Å². The zero-order valence-electron chi connectivity index (χ0n) is 14.0. The Balaban J connectivity index is 1.79. The lowest BCUT2D eigenvalue weighted by atomic mass is 10.2. The number of hydrogen-bond donors (Lipinski definition) is 0. The summed E-state index contributed by atoms with van der Waals surface area (Å²) in [6.07, 6.45) is 8.97. The highest BCUT2D eigenvalue weighted by Gasteiger charge is 2.31. The molecular weight excluding hydrogens is 308 g/mol. The fourth-order valence-electron chi connectivity index (χ4n) is 3.38. The fourth-order valence-corrected chi connectivity index (χ4v) is 4.51. The maximum absolute atomic E-state index is 13.0. The van der Waals surface area contributed by atoms with E-state index < -0.39 is 0 Å². The van der Waals surface area contributed by atoms with Crippen molar-refractivity contribution in [2.75, 3.05) is 12.8 Å². The summed E-state index contributed by atoms with van der Waals surface area (Å²) in [6, 6.07) is 4.24. The lowest BCUT2D eigenvalue weighted by Crippen LogP contribution is -2.36. The molecule has 0 unspecified atom stereocenters. The number of nitrogens with zero attached hydrogens (tertiary/aromatic N) is 4.